The molecule has 1 fully saturated rings. The van der Waals surface area contributed by atoms with Crippen LogP contribution >= 0.6 is 0 Å². The van der Waals surface area contributed by atoms with Gasteiger partial charge in [-0.1, -0.05) is 0 Å². The summed E-state index contributed by atoms with van der Waals surface area (Å²) in [5.41, 5.74) is 0.328. The molecular formula is C14H19FN2O3. The number of nitrogens with one attached hydrogen (secondary N) is 2. The number of anilines is 1. The zero-order chi connectivity index (χ0) is 14.5. The average Bonchev–Trinajstić information content (AvgIpc) is 2.48. The van der Waals surface area contributed by atoms with Crippen LogP contribution in [0.15, 0.2) is 12.1 Å². The van der Waals surface area contributed by atoms with E-state index in [-0.39, 0.29) is 17.6 Å². The molecule has 20 heavy (non-hydrogen) atoms. The second-order valence-electron chi connectivity index (χ2n) is 4.70. The molecule has 110 valence electrons. The third-order valence-corrected chi connectivity index (χ3v) is 3.44. The maximum atomic E-state index is 13.7. The van der Waals surface area contributed by atoms with Crippen LogP contribution in [-0.2, 0) is 4.79 Å². The second-order valence-corrected chi connectivity index (χ2v) is 4.70. The third kappa shape index (κ3) is 3.19. The lowest BCUT2D eigenvalue weighted by Gasteiger charge is -2.22. The number of benzene rings is 1. The minimum atomic E-state index is -0.533. The normalized spacial score (nSPS) is 15.8. The summed E-state index contributed by atoms with van der Waals surface area (Å²) in [5.74, 6) is -0.221. The maximum Gasteiger partial charge on any atom is 0.227 e. The lowest BCUT2D eigenvalue weighted by Crippen LogP contribution is -2.34. The molecule has 1 aromatic carbocycles. The largest absolute Gasteiger partial charge is 0.494 e. The molecule has 6 heteroatoms. The molecule has 0 spiro atoms. The van der Waals surface area contributed by atoms with E-state index in [1.165, 1.54) is 26.4 Å². The van der Waals surface area contributed by atoms with Crippen LogP contribution in [0.1, 0.15) is 12.8 Å². The zero-order valence-corrected chi connectivity index (χ0v) is 11.7. The lowest BCUT2D eigenvalue weighted by molar-refractivity contribution is -0.120. The summed E-state index contributed by atoms with van der Waals surface area (Å²) in [7, 11) is 2.85. The summed E-state index contributed by atoms with van der Waals surface area (Å²) in [6.07, 6.45) is 1.57. The summed E-state index contributed by atoms with van der Waals surface area (Å²) in [6, 6.07) is 2.64. The topological polar surface area (TPSA) is 59.6 Å². The number of hydrogen-bond acceptors (Lipinski definition) is 4. The van der Waals surface area contributed by atoms with Gasteiger partial charge in [0, 0.05) is 18.1 Å². The molecule has 2 rings (SSSR count). The van der Waals surface area contributed by atoms with E-state index in [9.17, 15) is 9.18 Å². The zero-order valence-electron chi connectivity index (χ0n) is 11.7. The Morgan fingerprint density at radius 2 is 1.90 bits per heavy atom. The van der Waals surface area contributed by atoms with Crippen molar-refractivity contribution in [1.29, 1.82) is 0 Å². The summed E-state index contributed by atoms with van der Waals surface area (Å²) >= 11 is 0. The van der Waals surface area contributed by atoms with E-state index >= 15 is 0 Å². The third-order valence-electron chi connectivity index (χ3n) is 3.44. The standard InChI is InChI=1S/C14H19FN2O3/c1-19-12-8-13(20-2)11(7-10(12)15)17-14(18)9-3-5-16-6-4-9/h7-9,16H,3-6H2,1-2H3,(H,17,18). The van der Waals surface area contributed by atoms with Crippen molar-refractivity contribution in [2.45, 2.75) is 12.8 Å². The molecule has 0 aromatic heterocycles. The Morgan fingerprint density at radius 1 is 1.25 bits per heavy atom. The molecule has 0 aliphatic carbocycles. The van der Waals surface area contributed by atoms with Crippen molar-refractivity contribution in [3.8, 4) is 11.5 Å². The van der Waals surface area contributed by atoms with Crippen LogP contribution in [-0.4, -0.2) is 33.2 Å². The average molecular weight is 282 g/mol. The number of halogens is 1. The number of carbonyl (C=O) groups excluding carboxylic acids is 1. The fraction of sp³-hybridized carbons (Fsp3) is 0.500. The van der Waals surface area contributed by atoms with E-state index in [1.54, 1.807) is 0 Å². The minimum Gasteiger partial charge on any atom is -0.494 e. The van der Waals surface area contributed by atoms with Crippen LogP contribution in [0.4, 0.5) is 10.1 Å². The van der Waals surface area contributed by atoms with Crippen molar-refractivity contribution in [2.24, 2.45) is 5.92 Å². The highest BCUT2D eigenvalue weighted by Crippen LogP contribution is 2.32. The first-order valence-electron chi connectivity index (χ1n) is 6.58. The van der Waals surface area contributed by atoms with Crippen molar-refractivity contribution in [1.82, 2.24) is 5.32 Å². The lowest BCUT2D eigenvalue weighted by atomic mass is 9.97. The Balaban J connectivity index is 2.15. The molecule has 0 bridgehead atoms. The van der Waals surface area contributed by atoms with E-state index < -0.39 is 5.82 Å². The van der Waals surface area contributed by atoms with Crippen molar-refractivity contribution in [3.05, 3.63) is 17.9 Å². The van der Waals surface area contributed by atoms with Gasteiger partial charge in [0.2, 0.25) is 5.91 Å². The molecule has 2 N–H and O–H groups in total. The van der Waals surface area contributed by atoms with E-state index in [0.29, 0.717) is 11.4 Å². The molecule has 1 aliphatic rings. The Labute approximate surface area is 117 Å². The van der Waals surface area contributed by atoms with Gasteiger partial charge >= 0.3 is 0 Å². The predicted octanol–water partition coefficient (Wildman–Crippen LogP) is 1.78. The number of piperidine rings is 1. The van der Waals surface area contributed by atoms with Crippen LogP contribution < -0.4 is 20.1 Å². The predicted molar refractivity (Wildman–Crippen MR) is 73.7 cm³/mol. The van der Waals surface area contributed by atoms with Gasteiger partial charge in [0.1, 0.15) is 5.75 Å². The summed E-state index contributed by atoms with van der Waals surface area (Å²) in [4.78, 5) is 12.2. The van der Waals surface area contributed by atoms with Crippen LogP contribution in [0.5, 0.6) is 11.5 Å². The fourth-order valence-corrected chi connectivity index (χ4v) is 2.28. The SMILES string of the molecule is COc1cc(OC)c(NC(=O)C2CCNCC2)cc1F. The van der Waals surface area contributed by atoms with Gasteiger partial charge in [-0.3, -0.25) is 4.79 Å². The fourth-order valence-electron chi connectivity index (χ4n) is 2.28. The molecule has 0 saturated carbocycles. The highest BCUT2D eigenvalue weighted by molar-refractivity contribution is 5.94. The Hall–Kier alpha value is -1.82. The molecule has 0 atom stereocenters. The van der Waals surface area contributed by atoms with Gasteiger partial charge in [-0.05, 0) is 25.9 Å². The quantitative estimate of drug-likeness (QED) is 0.884. The van der Waals surface area contributed by atoms with E-state index in [0.717, 1.165) is 25.9 Å². The molecule has 0 radical (unpaired) electrons. The highest BCUT2D eigenvalue weighted by atomic mass is 19.1. The molecule has 1 amide bonds. The van der Waals surface area contributed by atoms with E-state index in [2.05, 4.69) is 10.6 Å². The van der Waals surface area contributed by atoms with Crippen molar-refractivity contribution >= 4 is 11.6 Å². The van der Waals surface area contributed by atoms with Gasteiger partial charge in [0.05, 0.1) is 19.9 Å². The van der Waals surface area contributed by atoms with Crippen LogP contribution in [0.25, 0.3) is 0 Å². The highest BCUT2D eigenvalue weighted by Gasteiger charge is 2.22. The number of methoxy groups -OCH3 is 2. The van der Waals surface area contributed by atoms with Crippen LogP contribution in [0.3, 0.4) is 0 Å². The molecule has 1 saturated heterocycles. The first kappa shape index (κ1) is 14.6. The second kappa shape index (κ2) is 6.56. The molecule has 1 aliphatic heterocycles. The van der Waals surface area contributed by atoms with Crippen molar-refractivity contribution in [2.75, 3.05) is 32.6 Å². The molecule has 0 unspecified atom stereocenters. The summed E-state index contributed by atoms with van der Waals surface area (Å²) < 4.78 is 23.8. The Morgan fingerprint density at radius 3 is 2.50 bits per heavy atom. The number of ether oxygens (including phenoxy) is 2. The van der Waals surface area contributed by atoms with Gasteiger partial charge in [-0.2, -0.15) is 0 Å². The number of carbonyl (C=O) groups is 1. The first-order valence-corrected chi connectivity index (χ1v) is 6.58. The monoisotopic (exact) mass is 282 g/mol. The smallest absolute Gasteiger partial charge is 0.227 e. The Bertz CT molecular complexity index is 488. The number of amides is 1. The van der Waals surface area contributed by atoms with Crippen molar-refractivity contribution < 1.29 is 18.7 Å². The molecule has 5 nitrogen and oxygen atoms in total. The van der Waals surface area contributed by atoms with Gasteiger partial charge in [-0.15, -0.1) is 0 Å². The number of hydrogen-bond donors (Lipinski definition) is 2. The first-order chi connectivity index (χ1) is 9.65. The van der Waals surface area contributed by atoms with E-state index in [1.807, 2.05) is 0 Å². The molecule has 1 heterocycles. The van der Waals surface area contributed by atoms with Crippen LogP contribution in [0.2, 0.25) is 0 Å². The molecule has 1 aromatic rings. The van der Waals surface area contributed by atoms with Gasteiger partial charge in [0.25, 0.3) is 0 Å². The van der Waals surface area contributed by atoms with E-state index in [4.69, 9.17) is 9.47 Å². The van der Waals surface area contributed by atoms with Gasteiger partial charge in [-0.25, -0.2) is 4.39 Å². The van der Waals surface area contributed by atoms with Crippen LogP contribution in [0, 0.1) is 11.7 Å². The number of rotatable bonds is 4. The summed E-state index contributed by atoms with van der Waals surface area (Å²) in [5, 5.41) is 5.94. The maximum absolute atomic E-state index is 13.7. The minimum absolute atomic E-state index is 0.0499. The van der Waals surface area contributed by atoms with Gasteiger partial charge in [0.15, 0.2) is 11.6 Å². The molecular weight excluding hydrogens is 263 g/mol. The summed E-state index contributed by atoms with van der Waals surface area (Å²) in [6.45, 7) is 1.65. The Kier molecular flexibility index (Phi) is 4.79. The van der Waals surface area contributed by atoms with Gasteiger partial charge < -0.3 is 20.1 Å². The van der Waals surface area contributed by atoms with Crippen molar-refractivity contribution in [3.63, 3.8) is 0 Å².